The number of benzene rings is 2. The zero-order valence-electron chi connectivity index (χ0n) is 16.9. The minimum Gasteiger partial charge on any atom is -0.462 e. The summed E-state index contributed by atoms with van der Waals surface area (Å²) < 4.78 is 10.5. The highest BCUT2D eigenvalue weighted by molar-refractivity contribution is 5.97. The molecule has 1 aliphatic heterocycles. The summed E-state index contributed by atoms with van der Waals surface area (Å²) in [5.74, 6) is -0.619. The molecular weight excluding hydrogens is 380 g/mol. The number of rotatable bonds is 5. The molecule has 0 radical (unpaired) electrons. The van der Waals surface area contributed by atoms with Crippen molar-refractivity contribution >= 4 is 11.7 Å². The van der Waals surface area contributed by atoms with E-state index in [1.54, 1.807) is 6.92 Å². The molecule has 1 aromatic heterocycles. The van der Waals surface area contributed by atoms with Crippen molar-refractivity contribution in [2.24, 2.45) is 0 Å². The van der Waals surface area contributed by atoms with Gasteiger partial charge >= 0.3 is 5.97 Å². The van der Waals surface area contributed by atoms with Gasteiger partial charge in [0.2, 0.25) is 0 Å². The molecule has 2 heterocycles. The molecule has 0 spiro atoms. The van der Waals surface area contributed by atoms with E-state index in [1.807, 2.05) is 60.7 Å². The lowest BCUT2D eigenvalue weighted by atomic mass is 9.98. The summed E-state index contributed by atoms with van der Waals surface area (Å²) in [5, 5.41) is 0. The number of nitrogens with one attached hydrogen (secondary N) is 1. The van der Waals surface area contributed by atoms with Gasteiger partial charge in [-0.05, 0) is 36.2 Å². The second-order valence-corrected chi connectivity index (χ2v) is 7.03. The number of esters is 1. The van der Waals surface area contributed by atoms with Crippen molar-refractivity contribution in [2.45, 2.75) is 6.92 Å². The van der Waals surface area contributed by atoms with E-state index in [0.29, 0.717) is 11.3 Å². The number of H-pyrrole nitrogens is 1. The van der Waals surface area contributed by atoms with E-state index in [4.69, 9.17) is 9.47 Å². The molecule has 0 unspecified atom stereocenters. The van der Waals surface area contributed by atoms with Gasteiger partial charge in [0.15, 0.2) is 0 Å². The summed E-state index contributed by atoms with van der Waals surface area (Å²) in [4.78, 5) is 30.5. The van der Waals surface area contributed by atoms with E-state index in [9.17, 15) is 9.59 Å². The van der Waals surface area contributed by atoms with Crippen LogP contribution in [0.1, 0.15) is 17.3 Å². The standard InChI is InChI=1S/C24H24N2O4/c1-2-30-24(28)22-20(17-6-4-3-5-7-17)16-21(25-23(22)27)18-8-10-19(11-9-18)26-12-14-29-15-13-26/h3-11,16H,2,12-15H2,1H3,(H,25,27). The number of aromatic amines is 1. The lowest BCUT2D eigenvalue weighted by Crippen LogP contribution is -2.36. The van der Waals surface area contributed by atoms with Crippen LogP contribution in [0, 0.1) is 0 Å². The van der Waals surface area contributed by atoms with Gasteiger partial charge in [-0.3, -0.25) is 4.79 Å². The zero-order valence-corrected chi connectivity index (χ0v) is 16.9. The van der Waals surface area contributed by atoms with E-state index in [2.05, 4.69) is 9.88 Å². The fraction of sp³-hybridized carbons (Fsp3) is 0.250. The van der Waals surface area contributed by atoms with E-state index in [0.717, 1.165) is 43.1 Å². The number of hydrogen-bond acceptors (Lipinski definition) is 5. The van der Waals surface area contributed by atoms with Gasteiger partial charge in [-0.2, -0.15) is 0 Å². The maximum atomic E-state index is 12.9. The number of pyridine rings is 1. The Morgan fingerprint density at radius 2 is 1.73 bits per heavy atom. The van der Waals surface area contributed by atoms with Gasteiger partial charge in [-0.25, -0.2) is 4.79 Å². The quantitative estimate of drug-likeness (QED) is 0.656. The first-order valence-corrected chi connectivity index (χ1v) is 10.1. The molecule has 0 amide bonds. The molecule has 3 aromatic rings. The van der Waals surface area contributed by atoms with Gasteiger partial charge in [0.25, 0.3) is 5.56 Å². The molecule has 4 rings (SSSR count). The molecule has 30 heavy (non-hydrogen) atoms. The van der Waals surface area contributed by atoms with Crippen molar-refractivity contribution in [1.29, 1.82) is 0 Å². The summed E-state index contributed by atoms with van der Waals surface area (Å²) in [7, 11) is 0. The smallest absolute Gasteiger partial charge is 0.344 e. The second-order valence-electron chi connectivity index (χ2n) is 7.03. The second kappa shape index (κ2) is 8.97. The Labute approximate surface area is 175 Å². The number of carbonyl (C=O) groups is 1. The fourth-order valence-corrected chi connectivity index (χ4v) is 3.64. The molecule has 1 aliphatic rings. The molecule has 1 fully saturated rings. The number of aromatic nitrogens is 1. The van der Waals surface area contributed by atoms with Crippen LogP contribution < -0.4 is 10.5 Å². The molecule has 0 aliphatic carbocycles. The summed E-state index contributed by atoms with van der Waals surface area (Å²) >= 11 is 0. The molecule has 0 saturated carbocycles. The Morgan fingerprint density at radius 3 is 2.40 bits per heavy atom. The van der Waals surface area contributed by atoms with Crippen LogP contribution in [0.2, 0.25) is 0 Å². The third-order valence-corrected chi connectivity index (χ3v) is 5.15. The van der Waals surface area contributed by atoms with Crippen LogP contribution in [0.3, 0.4) is 0 Å². The van der Waals surface area contributed by atoms with E-state index >= 15 is 0 Å². The van der Waals surface area contributed by atoms with Gasteiger partial charge in [-0.1, -0.05) is 42.5 Å². The number of hydrogen-bond donors (Lipinski definition) is 1. The van der Waals surface area contributed by atoms with Gasteiger partial charge in [0, 0.05) is 30.0 Å². The monoisotopic (exact) mass is 404 g/mol. The van der Waals surface area contributed by atoms with Crippen molar-refractivity contribution in [3.8, 4) is 22.4 Å². The molecule has 2 aromatic carbocycles. The van der Waals surface area contributed by atoms with Crippen LogP contribution in [0.4, 0.5) is 5.69 Å². The molecule has 0 atom stereocenters. The molecule has 1 N–H and O–H groups in total. The molecule has 6 nitrogen and oxygen atoms in total. The van der Waals surface area contributed by atoms with Gasteiger partial charge in [-0.15, -0.1) is 0 Å². The van der Waals surface area contributed by atoms with Gasteiger partial charge in [0.05, 0.1) is 19.8 Å². The Hall–Kier alpha value is -3.38. The molecule has 0 bridgehead atoms. The van der Waals surface area contributed by atoms with Crippen molar-refractivity contribution in [1.82, 2.24) is 4.98 Å². The first-order chi connectivity index (χ1) is 14.7. The number of nitrogens with zero attached hydrogens (tertiary/aromatic N) is 1. The van der Waals surface area contributed by atoms with Crippen LogP contribution in [0.5, 0.6) is 0 Å². The third-order valence-electron chi connectivity index (χ3n) is 5.15. The molecule has 1 saturated heterocycles. The highest BCUT2D eigenvalue weighted by Crippen LogP contribution is 2.28. The van der Waals surface area contributed by atoms with Crippen LogP contribution in [-0.2, 0) is 9.47 Å². The fourth-order valence-electron chi connectivity index (χ4n) is 3.64. The lowest BCUT2D eigenvalue weighted by molar-refractivity contribution is 0.0525. The Bertz CT molecular complexity index is 1070. The number of morpholine rings is 1. The van der Waals surface area contributed by atoms with Crippen molar-refractivity contribution < 1.29 is 14.3 Å². The summed E-state index contributed by atoms with van der Waals surface area (Å²) in [6.45, 7) is 5.11. The van der Waals surface area contributed by atoms with Crippen LogP contribution in [0.15, 0.2) is 65.5 Å². The highest BCUT2D eigenvalue weighted by atomic mass is 16.5. The predicted octanol–water partition coefficient (Wildman–Crippen LogP) is 3.72. The highest BCUT2D eigenvalue weighted by Gasteiger charge is 2.20. The number of ether oxygens (including phenoxy) is 2. The van der Waals surface area contributed by atoms with E-state index < -0.39 is 11.5 Å². The first kappa shape index (κ1) is 19.9. The van der Waals surface area contributed by atoms with Crippen molar-refractivity contribution in [3.05, 3.63) is 76.6 Å². The van der Waals surface area contributed by atoms with E-state index in [-0.39, 0.29) is 12.2 Å². The van der Waals surface area contributed by atoms with Crippen LogP contribution >= 0.6 is 0 Å². The number of anilines is 1. The predicted molar refractivity (Wildman–Crippen MR) is 117 cm³/mol. The molecular formula is C24H24N2O4. The lowest BCUT2D eigenvalue weighted by Gasteiger charge is -2.28. The maximum Gasteiger partial charge on any atom is 0.344 e. The minimum absolute atomic E-state index is 0.0248. The third kappa shape index (κ3) is 4.14. The first-order valence-electron chi connectivity index (χ1n) is 10.1. The Kier molecular flexibility index (Phi) is 5.95. The number of carbonyl (C=O) groups excluding carboxylic acids is 1. The minimum atomic E-state index is -0.619. The van der Waals surface area contributed by atoms with Gasteiger partial charge < -0.3 is 19.4 Å². The van der Waals surface area contributed by atoms with E-state index in [1.165, 1.54) is 0 Å². The average Bonchev–Trinajstić information content (AvgIpc) is 2.80. The Morgan fingerprint density at radius 1 is 1.03 bits per heavy atom. The molecule has 6 heteroatoms. The van der Waals surface area contributed by atoms with Crippen molar-refractivity contribution in [3.63, 3.8) is 0 Å². The average molecular weight is 404 g/mol. The summed E-state index contributed by atoms with van der Waals surface area (Å²) in [5.41, 5.74) is 3.56. The topological polar surface area (TPSA) is 71.6 Å². The Balaban J connectivity index is 1.75. The van der Waals surface area contributed by atoms with Crippen LogP contribution in [-0.4, -0.2) is 43.9 Å². The maximum absolute atomic E-state index is 12.9. The summed E-state index contributed by atoms with van der Waals surface area (Å²) in [6.07, 6.45) is 0. The normalized spacial score (nSPS) is 13.8. The zero-order chi connectivity index (χ0) is 20.9. The van der Waals surface area contributed by atoms with Gasteiger partial charge in [0.1, 0.15) is 5.56 Å². The molecule has 154 valence electrons. The van der Waals surface area contributed by atoms with Crippen molar-refractivity contribution in [2.75, 3.05) is 37.8 Å². The SMILES string of the molecule is CCOC(=O)c1c(-c2ccccc2)cc(-c2ccc(N3CCOCC3)cc2)[nH]c1=O. The van der Waals surface area contributed by atoms with Crippen LogP contribution in [0.25, 0.3) is 22.4 Å². The largest absolute Gasteiger partial charge is 0.462 e. The summed E-state index contributed by atoms with van der Waals surface area (Å²) in [6, 6.07) is 19.3.